The van der Waals surface area contributed by atoms with Crippen LogP contribution in [-0.2, 0) is 9.59 Å². The number of nitrogens with zero attached hydrogens (tertiary/aromatic N) is 2. The van der Waals surface area contributed by atoms with Crippen molar-refractivity contribution in [3.8, 4) is 0 Å². The van der Waals surface area contributed by atoms with Crippen molar-refractivity contribution in [2.75, 3.05) is 17.7 Å². The van der Waals surface area contributed by atoms with Crippen molar-refractivity contribution >= 4 is 46.7 Å². The fraction of sp³-hybridized carbons (Fsp3) is 0.320. The van der Waals surface area contributed by atoms with E-state index in [1.165, 1.54) is 18.2 Å². The van der Waals surface area contributed by atoms with E-state index in [0.717, 1.165) is 12.0 Å². The van der Waals surface area contributed by atoms with Gasteiger partial charge in [-0.25, -0.2) is 9.78 Å². The molecule has 0 spiro atoms. The summed E-state index contributed by atoms with van der Waals surface area (Å²) in [5.41, 5.74) is 1.31. The van der Waals surface area contributed by atoms with E-state index < -0.39 is 11.9 Å². The molecule has 10 nitrogen and oxygen atoms in total. The molecule has 1 aliphatic rings. The van der Waals surface area contributed by atoms with Crippen LogP contribution in [0.2, 0.25) is 0 Å². The maximum Gasteiger partial charge on any atom is 0.335 e. The monoisotopic (exact) mass is 478 g/mol. The highest BCUT2D eigenvalue weighted by atomic mass is 16.4. The fourth-order valence-corrected chi connectivity index (χ4v) is 4.29. The number of nitrogens with one attached hydrogen (secondary N) is 2. The predicted octanol–water partition coefficient (Wildman–Crippen LogP) is 3.67. The van der Waals surface area contributed by atoms with E-state index in [0.29, 0.717) is 36.9 Å². The topological polar surface area (TPSA) is 142 Å². The number of aromatic nitrogens is 1. The Balaban J connectivity index is 1.62. The lowest BCUT2D eigenvalue weighted by atomic mass is 9.85. The molecule has 0 saturated heterocycles. The van der Waals surface area contributed by atoms with E-state index in [9.17, 15) is 24.3 Å². The summed E-state index contributed by atoms with van der Waals surface area (Å²) in [6, 6.07) is 7.72. The van der Waals surface area contributed by atoms with Crippen LogP contribution in [0.4, 0.5) is 11.5 Å². The molecule has 1 saturated carbocycles. The summed E-state index contributed by atoms with van der Waals surface area (Å²) in [6.07, 6.45) is 4.94. The number of carboxylic acids is 1. The number of pyridine rings is 1. The number of hydrogen-bond donors (Lipinski definition) is 3. The van der Waals surface area contributed by atoms with Crippen molar-refractivity contribution in [3.63, 3.8) is 0 Å². The predicted molar refractivity (Wildman–Crippen MR) is 128 cm³/mol. The molecule has 1 aromatic carbocycles. The SMILES string of the molecule is Cc1ccc(NC(=O)c2oc3ccc(C(=O)O)cc3c2NC(=O)C2CCC(N(C)C=O)CC2)nc1. The zero-order valence-electron chi connectivity index (χ0n) is 19.4. The fourth-order valence-electron chi connectivity index (χ4n) is 4.29. The number of carboxylic acid groups (broad SMARTS) is 1. The van der Waals surface area contributed by atoms with Crippen molar-refractivity contribution in [1.82, 2.24) is 9.88 Å². The van der Waals surface area contributed by atoms with Gasteiger partial charge in [-0.3, -0.25) is 14.4 Å². The summed E-state index contributed by atoms with van der Waals surface area (Å²) in [5, 5.41) is 15.2. The number of hydrogen-bond acceptors (Lipinski definition) is 6. The minimum absolute atomic E-state index is 0.00151. The van der Waals surface area contributed by atoms with Gasteiger partial charge in [0.2, 0.25) is 18.1 Å². The molecule has 2 heterocycles. The van der Waals surface area contributed by atoms with Gasteiger partial charge in [-0.2, -0.15) is 0 Å². The number of benzene rings is 1. The van der Waals surface area contributed by atoms with Crippen molar-refractivity contribution in [3.05, 3.63) is 53.4 Å². The van der Waals surface area contributed by atoms with Gasteiger partial charge in [0.25, 0.3) is 5.91 Å². The summed E-state index contributed by atoms with van der Waals surface area (Å²) in [7, 11) is 1.73. The van der Waals surface area contributed by atoms with E-state index in [4.69, 9.17) is 4.42 Å². The number of anilines is 2. The van der Waals surface area contributed by atoms with Gasteiger partial charge in [-0.1, -0.05) is 6.07 Å². The Hall–Kier alpha value is -4.21. The van der Waals surface area contributed by atoms with Gasteiger partial charge in [0.05, 0.1) is 5.56 Å². The molecule has 1 fully saturated rings. The van der Waals surface area contributed by atoms with E-state index in [1.54, 1.807) is 30.3 Å². The maximum absolute atomic E-state index is 13.1. The molecule has 1 aliphatic carbocycles. The number of furan rings is 1. The Morgan fingerprint density at radius 3 is 2.49 bits per heavy atom. The third-order valence-corrected chi connectivity index (χ3v) is 6.35. The third kappa shape index (κ3) is 5.16. The third-order valence-electron chi connectivity index (χ3n) is 6.35. The number of carbonyl (C=O) groups is 4. The minimum Gasteiger partial charge on any atom is -0.478 e. The molecule has 3 amide bonds. The van der Waals surface area contributed by atoms with Crippen LogP contribution in [0.5, 0.6) is 0 Å². The molecule has 0 unspecified atom stereocenters. The number of fused-ring (bicyclic) bond motifs is 1. The smallest absolute Gasteiger partial charge is 0.335 e. The molecule has 35 heavy (non-hydrogen) atoms. The second kappa shape index (κ2) is 9.96. The van der Waals surface area contributed by atoms with Crippen LogP contribution in [0, 0.1) is 12.8 Å². The molecular weight excluding hydrogens is 452 g/mol. The number of amides is 3. The lowest BCUT2D eigenvalue weighted by molar-refractivity contribution is -0.122. The molecule has 0 radical (unpaired) electrons. The van der Waals surface area contributed by atoms with Gasteiger partial charge in [-0.15, -0.1) is 0 Å². The molecule has 3 N–H and O–H groups in total. The van der Waals surface area contributed by atoms with E-state index in [2.05, 4.69) is 15.6 Å². The van der Waals surface area contributed by atoms with Crippen molar-refractivity contribution in [1.29, 1.82) is 0 Å². The highest BCUT2D eigenvalue weighted by Gasteiger charge is 2.30. The summed E-state index contributed by atoms with van der Waals surface area (Å²) in [6.45, 7) is 1.87. The number of rotatable bonds is 7. The standard InChI is InChI=1S/C25H26N4O6/c1-14-3-10-20(26-12-14)27-24(32)22-21(18-11-16(25(33)34)6-9-19(18)35-22)28-23(31)15-4-7-17(8-5-15)29(2)13-30/h3,6,9-13,15,17H,4-5,7-8H2,1-2H3,(H,28,31)(H,33,34)(H,26,27,32). The molecule has 0 bridgehead atoms. The lowest BCUT2D eigenvalue weighted by Gasteiger charge is -2.32. The van der Waals surface area contributed by atoms with Crippen molar-refractivity contribution < 1.29 is 28.7 Å². The molecule has 0 aliphatic heterocycles. The zero-order valence-corrected chi connectivity index (χ0v) is 19.4. The van der Waals surface area contributed by atoms with E-state index >= 15 is 0 Å². The largest absolute Gasteiger partial charge is 0.478 e. The summed E-state index contributed by atoms with van der Waals surface area (Å²) in [4.78, 5) is 54.5. The Kier molecular flexibility index (Phi) is 6.81. The van der Waals surface area contributed by atoms with Crippen LogP contribution in [-0.4, -0.2) is 52.3 Å². The summed E-state index contributed by atoms with van der Waals surface area (Å²) < 4.78 is 5.75. The molecule has 4 rings (SSSR count). The van der Waals surface area contributed by atoms with Gasteiger partial charge in [0.1, 0.15) is 17.1 Å². The second-order valence-electron chi connectivity index (χ2n) is 8.76. The Bertz CT molecular complexity index is 1280. The highest BCUT2D eigenvalue weighted by Crippen LogP contribution is 2.34. The van der Waals surface area contributed by atoms with Gasteiger partial charge in [0.15, 0.2) is 0 Å². The Morgan fingerprint density at radius 2 is 1.86 bits per heavy atom. The van der Waals surface area contributed by atoms with Crippen LogP contribution >= 0.6 is 0 Å². The Labute approximate surface area is 201 Å². The van der Waals surface area contributed by atoms with Gasteiger partial charge < -0.3 is 25.1 Å². The van der Waals surface area contributed by atoms with Gasteiger partial charge >= 0.3 is 5.97 Å². The van der Waals surface area contributed by atoms with Gasteiger partial charge in [-0.05, 0) is 62.4 Å². The van der Waals surface area contributed by atoms with Crippen LogP contribution < -0.4 is 10.6 Å². The van der Waals surface area contributed by atoms with Gasteiger partial charge in [0, 0.05) is 30.6 Å². The first-order valence-corrected chi connectivity index (χ1v) is 11.3. The first kappa shape index (κ1) is 23.9. The van der Waals surface area contributed by atoms with Crippen molar-refractivity contribution in [2.45, 2.75) is 38.6 Å². The quantitative estimate of drug-likeness (QED) is 0.440. The van der Waals surface area contributed by atoms with Crippen molar-refractivity contribution in [2.24, 2.45) is 5.92 Å². The molecular formula is C25H26N4O6. The van der Waals surface area contributed by atoms with Crippen LogP contribution in [0.15, 0.2) is 40.9 Å². The Morgan fingerprint density at radius 1 is 1.11 bits per heavy atom. The summed E-state index contributed by atoms with van der Waals surface area (Å²) >= 11 is 0. The number of aromatic carboxylic acids is 1. The molecule has 10 heteroatoms. The molecule has 182 valence electrons. The van der Waals surface area contributed by atoms with Crippen LogP contribution in [0.1, 0.15) is 52.2 Å². The second-order valence-corrected chi connectivity index (χ2v) is 8.76. The summed E-state index contributed by atoms with van der Waals surface area (Å²) in [5.74, 6) is -2.20. The zero-order chi connectivity index (χ0) is 25.1. The van der Waals surface area contributed by atoms with Crippen LogP contribution in [0.25, 0.3) is 11.0 Å². The average Bonchev–Trinajstić information content (AvgIpc) is 3.22. The van der Waals surface area contributed by atoms with E-state index in [-0.39, 0.29) is 40.5 Å². The van der Waals surface area contributed by atoms with E-state index in [1.807, 2.05) is 6.92 Å². The molecule has 2 aromatic heterocycles. The number of aryl methyl sites for hydroxylation is 1. The maximum atomic E-state index is 13.1. The number of carbonyl (C=O) groups excluding carboxylic acids is 3. The highest BCUT2D eigenvalue weighted by molar-refractivity contribution is 6.15. The van der Waals surface area contributed by atoms with Crippen LogP contribution in [0.3, 0.4) is 0 Å². The first-order valence-electron chi connectivity index (χ1n) is 11.3. The average molecular weight is 479 g/mol. The molecule has 3 aromatic rings. The minimum atomic E-state index is -1.14. The normalized spacial score (nSPS) is 17.5. The first-order chi connectivity index (χ1) is 16.8. The molecule has 0 atom stereocenters. The lowest BCUT2D eigenvalue weighted by Crippen LogP contribution is -2.37.